The third kappa shape index (κ3) is 5.67. The number of aromatic nitrogens is 1. The zero-order valence-corrected chi connectivity index (χ0v) is 16.2. The summed E-state index contributed by atoms with van der Waals surface area (Å²) in [6.45, 7) is 0. The van der Waals surface area contributed by atoms with E-state index in [0.717, 1.165) is 21.1 Å². The van der Waals surface area contributed by atoms with Crippen LogP contribution >= 0.6 is 46.0 Å². The SMILES string of the molecule is O=C(CSCc1nc(-c2ccc(Cl)cc2)cs1)N/N=C\c1cccs1. The number of carbonyl (C=O) groups excluding carboxylic acids is 1. The molecule has 0 unspecified atom stereocenters. The van der Waals surface area contributed by atoms with Crippen molar-refractivity contribution in [3.63, 3.8) is 0 Å². The smallest absolute Gasteiger partial charge is 0.250 e. The summed E-state index contributed by atoms with van der Waals surface area (Å²) in [5.74, 6) is 0.921. The number of nitrogens with one attached hydrogen (secondary N) is 1. The Balaban J connectivity index is 1.43. The van der Waals surface area contributed by atoms with E-state index in [1.165, 1.54) is 11.8 Å². The molecule has 0 saturated carbocycles. The first-order valence-electron chi connectivity index (χ1n) is 7.34. The molecule has 0 aliphatic carbocycles. The number of hydrazone groups is 1. The van der Waals surface area contributed by atoms with Gasteiger partial charge in [-0.1, -0.05) is 29.8 Å². The van der Waals surface area contributed by atoms with Gasteiger partial charge in [0.25, 0.3) is 0 Å². The van der Waals surface area contributed by atoms with Gasteiger partial charge in [0.05, 0.1) is 17.7 Å². The van der Waals surface area contributed by atoms with Gasteiger partial charge in [-0.25, -0.2) is 10.4 Å². The van der Waals surface area contributed by atoms with E-state index >= 15 is 0 Å². The minimum Gasteiger partial charge on any atom is -0.272 e. The van der Waals surface area contributed by atoms with Gasteiger partial charge in [-0.2, -0.15) is 5.10 Å². The normalized spacial score (nSPS) is 11.1. The van der Waals surface area contributed by atoms with Gasteiger partial charge >= 0.3 is 0 Å². The highest BCUT2D eigenvalue weighted by atomic mass is 35.5. The third-order valence-electron chi connectivity index (χ3n) is 3.07. The van der Waals surface area contributed by atoms with Crippen molar-refractivity contribution in [2.75, 3.05) is 5.75 Å². The fraction of sp³-hybridized carbons (Fsp3) is 0.118. The van der Waals surface area contributed by atoms with E-state index in [9.17, 15) is 4.79 Å². The van der Waals surface area contributed by atoms with Crippen molar-refractivity contribution < 1.29 is 4.79 Å². The molecule has 0 spiro atoms. The van der Waals surface area contributed by atoms with Crippen molar-refractivity contribution in [1.82, 2.24) is 10.4 Å². The van der Waals surface area contributed by atoms with Gasteiger partial charge in [-0.05, 0) is 23.6 Å². The molecular formula is C17H14ClN3OS3. The first-order chi connectivity index (χ1) is 12.2. The summed E-state index contributed by atoms with van der Waals surface area (Å²) in [5, 5.41) is 9.62. The Morgan fingerprint density at radius 1 is 1.28 bits per heavy atom. The molecule has 0 radical (unpaired) electrons. The van der Waals surface area contributed by atoms with Gasteiger partial charge in [0.15, 0.2) is 0 Å². The fourth-order valence-electron chi connectivity index (χ4n) is 1.93. The van der Waals surface area contributed by atoms with Crippen LogP contribution < -0.4 is 5.43 Å². The van der Waals surface area contributed by atoms with Gasteiger partial charge in [-0.3, -0.25) is 4.79 Å². The van der Waals surface area contributed by atoms with Crippen molar-refractivity contribution in [1.29, 1.82) is 0 Å². The summed E-state index contributed by atoms with van der Waals surface area (Å²) >= 11 is 10.6. The molecule has 0 saturated heterocycles. The second-order valence-electron chi connectivity index (χ2n) is 4.93. The molecule has 1 amide bonds. The van der Waals surface area contributed by atoms with Crippen LogP contribution in [0.3, 0.4) is 0 Å². The Labute approximate surface area is 163 Å². The number of hydrogen-bond donors (Lipinski definition) is 1. The molecule has 0 fully saturated rings. The molecule has 25 heavy (non-hydrogen) atoms. The Morgan fingerprint density at radius 3 is 2.88 bits per heavy atom. The molecular weight excluding hydrogens is 394 g/mol. The van der Waals surface area contributed by atoms with Gasteiger partial charge in [0, 0.05) is 26.6 Å². The minimum absolute atomic E-state index is 0.118. The van der Waals surface area contributed by atoms with Crippen molar-refractivity contribution in [3.05, 3.63) is 62.1 Å². The Kier molecular flexibility index (Phi) is 6.63. The van der Waals surface area contributed by atoms with E-state index in [1.807, 2.05) is 47.2 Å². The molecule has 0 atom stereocenters. The summed E-state index contributed by atoms with van der Waals surface area (Å²) in [6, 6.07) is 11.5. The molecule has 3 aromatic rings. The van der Waals surface area contributed by atoms with E-state index in [-0.39, 0.29) is 5.91 Å². The quantitative estimate of drug-likeness (QED) is 0.447. The lowest BCUT2D eigenvalue weighted by molar-refractivity contribution is -0.118. The van der Waals surface area contributed by atoms with Crippen LogP contribution in [0.2, 0.25) is 5.02 Å². The second kappa shape index (κ2) is 9.15. The highest BCUT2D eigenvalue weighted by Gasteiger charge is 2.06. The number of nitrogens with zero attached hydrogens (tertiary/aromatic N) is 2. The van der Waals surface area contributed by atoms with Crippen LogP contribution in [-0.2, 0) is 10.5 Å². The van der Waals surface area contributed by atoms with Crippen LogP contribution in [0.25, 0.3) is 11.3 Å². The van der Waals surface area contributed by atoms with Crippen LogP contribution in [0.1, 0.15) is 9.88 Å². The zero-order valence-electron chi connectivity index (χ0n) is 13.0. The molecule has 0 aliphatic heterocycles. The minimum atomic E-state index is -0.118. The molecule has 4 nitrogen and oxygen atoms in total. The maximum absolute atomic E-state index is 11.7. The number of hydrogen-bond acceptors (Lipinski definition) is 6. The van der Waals surface area contributed by atoms with Crippen molar-refractivity contribution in [2.24, 2.45) is 5.10 Å². The van der Waals surface area contributed by atoms with Crippen molar-refractivity contribution >= 4 is 58.2 Å². The molecule has 2 heterocycles. The predicted molar refractivity (Wildman–Crippen MR) is 109 cm³/mol. The van der Waals surface area contributed by atoms with E-state index in [1.54, 1.807) is 28.9 Å². The number of carbonyl (C=O) groups is 1. The molecule has 128 valence electrons. The third-order valence-corrected chi connectivity index (χ3v) is 6.11. The van der Waals surface area contributed by atoms with Crippen molar-refractivity contribution in [3.8, 4) is 11.3 Å². The highest BCUT2D eigenvalue weighted by Crippen LogP contribution is 2.25. The molecule has 1 aromatic carbocycles. The molecule has 2 aromatic heterocycles. The second-order valence-corrected chi connectivity index (χ2v) is 8.28. The molecule has 0 aliphatic rings. The lowest BCUT2D eigenvalue weighted by atomic mass is 10.2. The van der Waals surface area contributed by atoms with E-state index in [4.69, 9.17) is 11.6 Å². The predicted octanol–water partition coefficient (Wildman–Crippen LogP) is 4.91. The lowest BCUT2D eigenvalue weighted by Crippen LogP contribution is -2.19. The Morgan fingerprint density at radius 2 is 2.12 bits per heavy atom. The zero-order chi connectivity index (χ0) is 17.5. The average Bonchev–Trinajstić information content (AvgIpc) is 3.28. The molecule has 8 heteroatoms. The summed E-state index contributed by atoms with van der Waals surface area (Å²) in [6.07, 6.45) is 1.65. The van der Waals surface area contributed by atoms with Gasteiger partial charge in [0.2, 0.25) is 5.91 Å². The summed E-state index contributed by atoms with van der Waals surface area (Å²) in [4.78, 5) is 17.4. The summed E-state index contributed by atoms with van der Waals surface area (Å²) < 4.78 is 0. The fourth-order valence-corrected chi connectivity index (χ4v) is 4.34. The van der Waals surface area contributed by atoms with Gasteiger partial charge in [0.1, 0.15) is 5.01 Å². The van der Waals surface area contributed by atoms with Crippen LogP contribution in [-0.4, -0.2) is 22.9 Å². The Hall–Kier alpha value is -1.67. The van der Waals surface area contributed by atoms with Gasteiger partial charge in [-0.15, -0.1) is 34.4 Å². The average molecular weight is 408 g/mol. The molecule has 3 rings (SSSR count). The number of thiophene rings is 1. The number of thioether (sulfide) groups is 1. The van der Waals surface area contributed by atoms with E-state index in [0.29, 0.717) is 16.5 Å². The van der Waals surface area contributed by atoms with Gasteiger partial charge < -0.3 is 0 Å². The summed E-state index contributed by atoms with van der Waals surface area (Å²) in [7, 11) is 0. The Bertz CT molecular complexity index is 844. The summed E-state index contributed by atoms with van der Waals surface area (Å²) in [5.41, 5.74) is 4.50. The monoisotopic (exact) mass is 407 g/mol. The highest BCUT2D eigenvalue weighted by molar-refractivity contribution is 7.99. The maximum Gasteiger partial charge on any atom is 0.250 e. The standard InChI is InChI=1S/C17H14ClN3OS3/c18-13-5-3-12(4-6-13)15-9-25-17(20-15)11-23-10-16(22)21-19-8-14-2-1-7-24-14/h1-9H,10-11H2,(H,21,22)/b19-8-. The first kappa shape index (κ1) is 18.1. The number of amides is 1. The van der Waals surface area contributed by atoms with Crippen LogP contribution in [0.15, 0.2) is 52.3 Å². The number of thiazole rings is 1. The van der Waals surface area contributed by atoms with Crippen LogP contribution in [0.4, 0.5) is 0 Å². The van der Waals surface area contributed by atoms with E-state index in [2.05, 4.69) is 15.5 Å². The van der Waals surface area contributed by atoms with E-state index < -0.39 is 0 Å². The van der Waals surface area contributed by atoms with Crippen LogP contribution in [0, 0.1) is 0 Å². The topological polar surface area (TPSA) is 54.4 Å². The molecule has 1 N–H and O–H groups in total. The number of halogens is 1. The first-order valence-corrected chi connectivity index (χ1v) is 10.6. The number of benzene rings is 1. The molecule has 0 bridgehead atoms. The maximum atomic E-state index is 11.7. The largest absolute Gasteiger partial charge is 0.272 e. The number of rotatable bonds is 7. The van der Waals surface area contributed by atoms with Crippen LogP contribution in [0.5, 0.6) is 0 Å². The van der Waals surface area contributed by atoms with Crippen molar-refractivity contribution in [2.45, 2.75) is 5.75 Å². The lowest BCUT2D eigenvalue weighted by Gasteiger charge is -1.99.